The summed E-state index contributed by atoms with van der Waals surface area (Å²) >= 11 is 7.32. The van der Waals surface area contributed by atoms with Crippen LogP contribution in [0.3, 0.4) is 0 Å². The third-order valence-corrected chi connectivity index (χ3v) is 6.65. The molecule has 0 spiro atoms. The summed E-state index contributed by atoms with van der Waals surface area (Å²) in [5, 5.41) is 13.3. The van der Waals surface area contributed by atoms with Gasteiger partial charge in [0.25, 0.3) is 5.91 Å². The number of carbonyl (C=O) groups excluding carboxylic acids is 2. The highest BCUT2D eigenvalue weighted by atomic mass is 35.5. The van der Waals surface area contributed by atoms with Gasteiger partial charge in [-0.05, 0) is 54.4 Å². The van der Waals surface area contributed by atoms with Crippen molar-refractivity contribution in [1.82, 2.24) is 0 Å². The van der Waals surface area contributed by atoms with Crippen LogP contribution in [0.1, 0.15) is 53.6 Å². The molecule has 0 unspecified atom stereocenters. The van der Waals surface area contributed by atoms with Gasteiger partial charge in [0, 0.05) is 9.90 Å². The van der Waals surface area contributed by atoms with E-state index >= 15 is 0 Å². The summed E-state index contributed by atoms with van der Waals surface area (Å²) in [6.07, 6.45) is 2.79. The predicted molar refractivity (Wildman–Crippen MR) is 114 cm³/mol. The van der Waals surface area contributed by atoms with E-state index in [1.165, 1.54) is 22.3 Å². The standard InChI is InChI=1S/C22H23ClN2O3S/c1-22(2,3)14-7-8-16-17(11-24)20(29-18(16)10-14)25-19(26)12-28-21(27)13-5-4-6-15(23)9-13/h4-6,9,14H,7-8,10,12H2,1-3H3,(H,25,26)/t14-/m1/s1. The summed E-state index contributed by atoms with van der Waals surface area (Å²) in [5.74, 6) is -0.549. The van der Waals surface area contributed by atoms with Crippen LogP contribution in [0.2, 0.25) is 5.02 Å². The Morgan fingerprint density at radius 1 is 1.38 bits per heavy atom. The zero-order valence-corrected chi connectivity index (χ0v) is 18.2. The number of fused-ring (bicyclic) bond motifs is 1. The molecule has 152 valence electrons. The van der Waals surface area contributed by atoms with E-state index in [0.29, 0.717) is 21.5 Å². The number of carbonyl (C=O) groups is 2. The number of hydrogen-bond acceptors (Lipinski definition) is 5. The first-order valence-corrected chi connectivity index (χ1v) is 10.7. The molecule has 1 atom stereocenters. The molecule has 1 N–H and O–H groups in total. The molecule has 0 fully saturated rings. The number of benzene rings is 1. The molecule has 1 amide bonds. The van der Waals surface area contributed by atoms with E-state index in [1.54, 1.807) is 18.2 Å². The number of amides is 1. The molecule has 1 heterocycles. The number of nitrogens with one attached hydrogen (secondary N) is 1. The number of hydrogen-bond donors (Lipinski definition) is 1. The number of nitrogens with zero attached hydrogens (tertiary/aromatic N) is 1. The molecule has 29 heavy (non-hydrogen) atoms. The van der Waals surface area contributed by atoms with Crippen LogP contribution >= 0.6 is 22.9 Å². The van der Waals surface area contributed by atoms with Gasteiger partial charge in [-0.15, -0.1) is 11.3 Å². The Hall–Kier alpha value is -2.36. The molecule has 0 radical (unpaired) electrons. The summed E-state index contributed by atoms with van der Waals surface area (Å²) in [6, 6.07) is 8.57. The molecule has 1 aromatic carbocycles. The fourth-order valence-corrected chi connectivity index (χ4v) is 5.01. The lowest BCUT2D eigenvalue weighted by Crippen LogP contribution is -2.26. The fourth-order valence-electron chi connectivity index (χ4n) is 3.52. The summed E-state index contributed by atoms with van der Waals surface area (Å²) in [5.41, 5.74) is 2.06. The van der Waals surface area contributed by atoms with Crippen molar-refractivity contribution in [3.8, 4) is 6.07 Å². The number of esters is 1. The minimum atomic E-state index is -0.623. The quantitative estimate of drug-likeness (QED) is 0.674. The van der Waals surface area contributed by atoms with E-state index in [0.717, 1.165) is 24.8 Å². The number of anilines is 1. The van der Waals surface area contributed by atoms with Crippen LogP contribution in [0.25, 0.3) is 0 Å². The van der Waals surface area contributed by atoms with Crippen LogP contribution in [0.15, 0.2) is 24.3 Å². The molecule has 1 aliphatic rings. The Balaban J connectivity index is 1.66. The second-order valence-electron chi connectivity index (χ2n) is 8.26. The normalized spacial score (nSPS) is 15.9. The SMILES string of the molecule is CC(C)(C)[C@@H]1CCc2c(sc(NC(=O)COC(=O)c3cccc(Cl)c3)c2C#N)C1. The Morgan fingerprint density at radius 3 is 2.79 bits per heavy atom. The van der Waals surface area contributed by atoms with Gasteiger partial charge in [0.2, 0.25) is 0 Å². The van der Waals surface area contributed by atoms with Crippen LogP contribution < -0.4 is 5.32 Å². The minimum absolute atomic E-state index is 0.201. The first kappa shape index (κ1) is 21.4. The lowest BCUT2D eigenvalue weighted by Gasteiger charge is -2.33. The van der Waals surface area contributed by atoms with E-state index in [-0.39, 0.29) is 11.0 Å². The molecule has 0 aliphatic heterocycles. The van der Waals surface area contributed by atoms with Gasteiger partial charge in [-0.25, -0.2) is 4.79 Å². The van der Waals surface area contributed by atoms with Gasteiger partial charge in [-0.1, -0.05) is 38.4 Å². The summed E-state index contributed by atoms with van der Waals surface area (Å²) < 4.78 is 5.07. The summed E-state index contributed by atoms with van der Waals surface area (Å²) in [4.78, 5) is 25.5. The number of rotatable bonds is 4. The average Bonchev–Trinajstić information content (AvgIpc) is 3.01. The molecule has 1 aliphatic carbocycles. The third kappa shape index (κ3) is 4.98. The Kier molecular flexibility index (Phi) is 6.30. The Morgan fingerprint density at radius 2 is 2.14 bits per heavy atom. The van der Waals surface area contributed by atoms with Crippen molar-refractivity contribution in [2.45, 2.75) is 40.0 Å². The van der Waals surface area contributed by atoms with Gasteiger partial charge >= 0.3 is 5.97 Å². The van der Waals surface area contributed by atoms with Crippen LogP contribution in [-0.2, 0) is 22.4 Å². The number of halogens is 1. The molecule has 0 saturated carbocycles. The topological polar surface area (TPSA) is 79.2 Å². The highest BCUT2D eigenvalue weighted by Crippen LogP contribution is 2.43. The van der Waals surface area contributed by atoms with Gasteiger partial charge in [0.05, 0.1) is 11.1 Å². The zero-order chi connectivity index (χ0) is 21.2. The Bertz CT molecular complexity index is 985. The van der Waals surface area contributed by atoms with Crippen molar-refractivity contribution in [3.05, 3.63) is 50.9 Å². The average molecular weight is 431 g/mol. The highest BCUT2D eigenvalue weighted by Gasteiger charge is 2.32. The van der Waals surface area contributed by atoms with Crippen molar-refractivity contribution in [1.29, 1.82) is 5.26 Å². The first-order chi connectivity index (χ1) is 13.7. The largest absolute Gasteiger partial charge is 0.452 e. The molecule has 0 saturated heterocycles. The minimum Gasteiger partial charge on any atom is -0.452 e. The van der Waals surface area contributed by atoms with Crippen molar-refractivity contribution in [3.63, 3.8) is 0 Å². The van der Waals surface area contributed by atoms with Gasteiger partial charge in [-0.3, -0.25) is 4.79 Å². The van der Waals surface area contributed by atoms with Crippen LogP contribution in [0, 0.1) is 22.7 Å². The monoisotopic (exact) mass is 430 g/mol. The third-order valence-electron chi connectivity index (χ3n) is 5.25. The van der Waals surface area contributed by atoms with Crippen molar-refractivity contribution in [2.24, 2.45) is 11.3 Å². The smallest absolute Gasteiger partial charge is 0.338 e. The van der Waals surface area contributed by atoms with Crippen LogP contribution in [0.5, 0.6) is 0 Å². The van der Waals surface area contributed by atoms with Gasteiger partial charge in [-0.2, -0.15) is 5.26 Å². The van der Waals surface area contributed by atoms with E-state index in [4.69, 9.17) is 16.3 Å². The molecule has 1 aromatic heterocycles. The molecule has 0 bridgehead atoms. The molecule has 3 rings (SSSR count). The van der Waals surface area contributed by atoms with E-state index in [1.807, 2.05) is 0 Å². The maximum absolute atomic E-state index is 12.3. The van der Waals surface area contributed by atoms with Crippen molar-refractivity contribution < 1.29 is 14.3 Å². The van der Waals surface area contributed by atoms with Crippen LogP contribution in [0.4, 0.5) is 5.00 Å². The second kappa shape index (κ2) is 8.56. The Labute approximate surface area is 179 Å². The lowest BCUT2D eigenvalue weighted by molar-refractivity contribution is -0.119. The van der Waals surface area contributed by atoms with Crippen molar-refractivity contribution in [2.75, 3.05) is 11.9 Å². The zero-order valence-electron chi connectivity index (χ0n) is 16.7. The maximum Gasteiger partial charge on any atom is 0.338 e. The van der Waals surface area contributed by atoms with E-state index in [9.17, 15) is 14.9 Å². The fraction of sp³-hybridized carbons (Fsp3) is 0.409. The van der Waals surface area contributed by atoms with E-state index < -0.39 is 18.5 Å². The maximum atomic E-state index is 12.3. The number of thiophene rings is 1. The first-order valence-electron chi connectivity index (χ1n) is 9.46. The number of ether oxygens (including phenoxy) is 1. The van der Waals surface area contributed by atoms with Gasteiger partial charge in [0.1, 0.15) is 11.1 Å². The lowest BCUT2D eigenvalue weighted by atomic mass is 9.72. The second-order valence-corrected chi connectivity index (χ2v) is 9.80. The van der Waals surface area contributed by atoms with E-state index in [2.05, 4.69) is 32.2 Å². The van der Waals surface area contributed by atoms with Crippen LogP contribution in [-0.4, -0.2) is 18.5 Å². The number of nitriles is 1. The van der Waals surface area contributed by atoms with Gasteiger partial charge in [0.15, 0.2) is 6.61 Å². The summed E-state index contributed by atoms with van der Waals surface area (Å²) in [7, 11) is 0. The predicted octanol–water partition coefficient (Wildman–Crippen LogP) is 5.22. The van der Waals surface area contributed by atoms with Crippen molar-refractivity contribution >= 4 is 39.8 Å². The highest BCUT2D eigenvalue weighted by molar-refractivity contribution is 7.16. The van der Waals surface area contributed by atoms with Gasteiger partial charge < -0.3 is 10.1 Å². The molecular formula is C22H23ClN2O3S. The molecule has 7 heteroatoms. The molecule has 2 aromatic rings. The molecule has 5 nitrogen and oxygen atoms in total. The molecular weight excluding hydrogens is 408 g/mol. The summed E-state index contributed by atoms with van der Waals surface area (Å²) in [6.45, 7) is 6.28.